The molecular weight excluding hydrogens is 955 g/mol. The number of hydrogen-bond acceptors (Lipinski definition) is 7. The summed E-state index contributed by atoms with van der Waals surface area (Å²) in [4.78, 5) is 32.3. The van der Waals surface area contributed by atoms with Gasteiger partial charge < -0.3 is 23.8 Å². The van der Waals surface area contributed by atoms with E-state index in [9.17, 15) is 23.8 Å². The first-order chi connectivity index (χ1) is 34.8. The quantitative estimate of drug-likeness (QED) is 0.0441. The minimum absolute atomic E-state index is 0.393. The van der Waals surface area contributed by atoms with Crippen LogP contribution in [0.15, 0.2) is 151 Å². The average Bonchev–Trinajstić information content (AvgIpc) is 3.28. The second-order valence-corrected chi connectivity index (χ2v) is 24.3. The third kappa shape index (κ3) is 47.3. The van der Waals surface area contributed by atoms with Crippen molar-refractivity contribution in [3.05, 3.63) is 151 Å². The summed E-state index contributed by atoms with van der Waals surface area (Å²) in [6, 6.07) is 0. The molecule has 0 N–H and O–H groups in total. The molecule has 0 aromatic carbocycles. The van der Waals surface area contributed by atoms with Crippen LogP contribution >= 0.6 is 15.6 Å². The minimum atomic E-state index is -5.68. The molecule has 420 valence electrons. The number of phosphoric acid groups is 2. The van der Waals surface area contributed by atoms with Gasteiger partial charge in [0.1, 0.15) is 0 Å². The number of hydrogen-bond donors (Lipinski definition) is 0. The predicted molar refractivity (Wildman–Crippen MR) is 318 cm³/mol. The van der Waals surface area contributed by atoms with E-state index < -0.39 is 22.3 Å². The molecule has 0 aliphatic heterocycles. The van der Waals surface area contributed by atoms with Crippen LogP contribution in [0.5, 0.6) is 0 Å². The van der Waals surface area contributed by atoms with E-state index in [4.69, 9.17) is 0 Å². The molecule has 0 aliphatic rings. The van der Waals surface area contributed by atoms with Gasteiger partial charge in [-0.05, 0) is 251 Å². The summed E-state index contributed by atoms with van der Waals surface area (Å²) in [6.07, 6.45) is 56.4. The topological polar surface area (TPSA) is 122 Å². The molecule has 0 heterocycles. The summed E-state index contributed by atoms with van der Waals surface area (Å²) in [6.45, 7) is 30.7. The van der Waals surface area contributed by atoms with E-state index in [1.165, 1.54) is 92.2 Å². The van der Waals surface area contributed by atoms with E-state index in [2.05, 4.69) is 172 Å². The molecule has 7 nitrogen and oxygen atoms in total. The van der Waals surface area contributed by atoms with Gasteiger partial charge in [0.2, 0.25) is 0 Å². The van der Waals surface area contributed by atoms with E-state index in [0.717, 1.165) is 134 Å². The summed E-state index contributed by atoms with van der Waals surface area (Å²) in [5.74, 6) is 0. The molecule has 0 aromatic rings. The Kier molecular flexibility index (Phi) is 41.1. The lowest BCUT2D eigenvalue weighted by Gasteiger charge is -2.34. The van der Waals surface area contributed by atoms with Gasteiger partial charge in [0.25, 0.3) is 7.82 Å². The lowest BCUT2D eigenvalue weighted by Crippen LogP contribution is -2.19. The monoisotopic (exact) mass is 1060 g/mol. The van der Waals surface area contributed by atoms with Gasteiger partial charge >= 0.3 is 0 Å². The first kappa shape index (κ1) is 70.9. The van der Waals surface area contributed by atoms with E-state index in [-0.39, 0.29) is 0 Å². The molecule has 1 atom stereocenters. The van der Waals surface area contributed by atoms with E-state index in [0.29, 0.717) is 6.42 Å². The van der Waals surface area contributed by atoms with Crippen molar-refractivity contribution in [2.75, 3.05) is 6.61 Å². The van der Waals surface area contributed by atoms with Crippen LogP contribution in [0, 0.1) is 0 Å². The number of phosphoric ester groups is 1. The highest BCUT2D eigenvalue weighted by atomic mass is 31.3. The molecule has 0 aliphatic carbocycles. The second kappa shape index (κ2) is 42.9. The summed E-state index contributed by atoms with van der Waals surface area (Å²) >= 11 is 0. The first-order valence-corrected chi connectivity index (χ1v) is 31.0. The van der Waals surface area contributed by atoms with Crippen LogP contribution < -0.4 is 14.7 Å². The van der Waals surface area contributed by atoms with Crippen molar-refractivity contribution >= 4 is 15.6 Å². The van der Waals surface area contributed by atoms with Gasteiger partial charge in [0.05, 0.1) is 14.4 Å². The maximum atomic E-state index is 11.3. The van der Waals surface area contributed by atoms with Crippen LogP contribution in [0.2, 0.25) is 0 Å². The van der Waals surface area contributed by atoms with Crippen LogP contribution in [-0.4, -0.2) is 6.61 Å². The van der Waals surface area contributed by atoms with Crippen molar-refractivity contribution in [1.82, 2.24) is 0 Å². The summed E-state index contributed by atoms with van der Waals surface area (Å²) in [5.41, 5.74) is 18.5. The Morgan fingerprint density at radius 2 is 0.446 bits per heavy atom. The van der Waals surface area contributed by atoms with Crippen LogP contribution in [0.25, 0.3) is 0 Å². The van der Waals surface area contributed by atoms with Crippen molar-refractivity contribution in [3.8, 4) is 0 Å². The Balaban J connectivity index is 4.33. The van der Waals surface area contributed by atoms with Crippen molar-refractivity contribution in [3.63, 3.8) is 0 Å². The van der Waals surface area contributed by atoms with Gasteiger partial charge in [-0.1, -0.05) is 151 Å². The molecule has 0 fully saturated rings. The molecule has 9 heteroatoms. The molecule has 0 amide bonds. The Hall–Kier alpha value is -3.12. The zero-order valence-corrected chi connectivity index (χ0v) is 51.2. The van der Waals surface area contributed by atoms with E-state index in [1.54, 1.807) is 0 Å². The average molecular weight is 1060 g/mol. The maximum Gasteiger partial charge on any atom is 0.272 e. The van der Waals surface area contributed by atoms with Crippen molar-refractivity contribution < 1.29 is 32.6 Å². The summed E-state index contributed by atoms with van der Waals surface area (Å²) < 4.78 is 29.7. The molecule has 1 unspecified atom stereocenters. The number of allylic oxidation sites excluding steroid dienone is 25. The lowest BCUT2D eigenvalue weighted by atomic mass is 10.0. The Morgan fingerprint density at radius 1 is 0.284 bits per heavy atom. The fourth-order valence-electron chi connectivity index (χ4n) is 8.24. The van der Waals surface area contributed by atoms with Gasteiger partial charge in [0, 0.05) is 0 Å². The van der Waals surface area contributed by atoms with Crippen LogP contribution in [0.1, 0.15) is 251 Å². The molecule has 0 spiro atoms. The zero-order valence-electron chi connectivity index (χ0n) is 49.4. The fourth-order valence-corrected chi connectivity index (χ4v) is 9.66. The Morgan fingerprint density at radius 3 is 0.608 bits per heavy atom. The van der Waals surface area contributed by atoms with Gasteiger partial charge in [-0.25, -0.2) is 0 Å². The van der Waals surface area contributed by atoms with Crippen molar-refractivity contribution in [2.45, 2.75) is 251 Å². The highest BCUT2D eigenvalue weighted by Gasteiger charge is 2.11. The summed E-state index contributed by atoms with van der Waals surface area (Å²) in [5, 5.41) is 0. The normalized spacial score (nSPS) is 15.9. The number of rotatable bonds is 41. The molecule has 0 radical (unpaired) electrons. The first-order valence-electron chi connectivity index (χ1n) is 28.1. The van der Waals surface area contributed by atoms with E-state index in [1.807, 2.05) is 6.92 Å². The van der Waals surface area contributed by atoms with Crippen LogP contribution in [-0.2, 0) is 18.0 Å². The van der Waals surface area contributed by atoms with Crippen molar-refractivity contribution in [1.29, 1.82) is 0 Å². The van der Waals surface area contributed by atoms with Gasteiger partial charge in [-0.15, -0.1) is 0 Å². The van der Waals surface area contributed by atoms with Gasteiger partial charge in [0.15, 0.2) is 0 Å². The van der Waals surface area contributed by atoms with Crippen LogP contribution in [0.4, 0.5) is 0 Å². The zero-order chi connectivity index (χ0) is 55.8. The van der Waals surface area contributed by atoms with Gasteiger partial charge in [-0.3, -0.25) is 8.88 Å². The molecule has 74 heavy (non-hydrogen) atoms. The summed E-state index contributed by atoms with van der Waals surface area (Å²) in [7, 11) is -10.9. The predicted octanol–water partition coefficient (Wildman–Crippen LogP) is 20.0. The molecule has 0 saturated carbocycles. The third-order valence-corrected chi connectivity index (χ3v) is 15.4. The highest BCUT2D eigenvalue weighted by Crippen LogP contribution is 2.50. The maximum absolute atomic E-state index is 11.3. The minimum Gasteiger partial charge on any atom is -0.790 e. The molecule has 0 aromatic heterocycles. The fraction of sp³-hybridized carbons (Fsp3) is 0.600. The molecular formula is C65H105O7P2-3. The molecule has 0 bridgehead atoms. The molecule has 0 rings (SSSR count). The largest absolute Gasteiger partial charge is 0.790 e. The Bertz CT molecular complexity index is 2130. The Labute approximate surface area is 455 Å². The lowest BCUT2D eigenvalue weighted by molar-refractivity contribution is -0.339. The van der Waals surface area contributed by atoms with Crippen LogP contribution in [0.3, 0.4) is 0 Å². The van der Waals surface area contributed by atoms with Gasteiger partial charge in [-0.2, -0.15) is 0 Å². The highest BCUT2D eigenvalue weighted by molar-refractivity contribution is 7.58. The third-order valence-electron chi connectivity index (χ3n) is 13.3. The standard InChI is InChI=1S/C65H108O7P2/c1-53(2)27-15-28-54(3)29-16-30-55(4)31-17-32-56(5)33-18-34-57(6)35-19-36-58(7)37-20-38-59(8)39-21-40-60(9)41-22-42-61(10)43-23-44-62(11)45-24-46-63(12)47-25-48-64(13)49-26-50-65(14)51-52-71-74(69,70)72-73(66,67)68/h27,29,31,33,35,37,39,41,43,45,47,49,51H,15-26,28,30,32,34,36,38,40,42,44,46,48,50,52H2,1-14H3,(H,69,70)(H2,66,67,68)/p-3/b54-29+,55-31+,56-33-,57-35-,58-37-,59-39-,60-41-,61-43-,62-45-,63-47-,64-49-,65-51-. The molecule has 0 saturated heterocycles. The smallest absolute Gasteiger partial charge is 0.272 e. The van der Waals surface area contributed by atoms with Crippen molar-refractivity contribution in [2.24, 2.45) is 0 Å². The SMILES string of the molecule is CC(C)=CCC/C(C)=C/CC/C(C)=C/CC/C(C)=C\CC/C(C)=C\CC/C(C)=C\CC/C(C)=C\CC/C(C)=C\CC/C(C)=C\CC/C(C)=C\CC/C(C)=C\CC/C(C)=C\CC/C(C)=C\COP(=O)([O-])OP(=O)([O-])[O-]. The van der Waals surface area contributed by atoms with E-state index >= 15 is 0 Å². The second-order valence-electron chi connectivity index (χ2n) is 21.6.